The number of benzene rings is 4. The monoisotopic (exact) mass is 1350 g/mol. The average molecular weight is 1360 g/mol. The lowest BCUT2D eigenvalue weighted by Crippen LogP contribution is -2.51. The quantitative estimate of drug-likeness (QED) is 0.0673. The van der Waals surface area contributed by atoms with Gasteiger partial charge < -0.3 is 64.0 Å². The number of fused-ring (bicyclic) bond motifs is 4. The van der Waals surface area contributed by atoms with Crippen LogP contribution in [0.15, 0.2) is 182 Å². The van der Waals surface area contributed by atoms with Crippen LogP contribution < -0.4 is 31.6 Å². The van der Waals surface area contributed by atoms with Crippen LogP contribution in [-0.4, -0.2) is 197 Å². The lowest BCUT2D eigenvalue weighted by Gasteiger charge is -2.38. The molecule has 0 aliphatic carbocycles. The number of rotatable bonds is 17. The van der Waals surface area contributed by atoms with Crippen molar-refractivity contribution in [3.05, 3.63) is 177 Å². The molecule has 4 fully saturated rings. The van der Waals surface area contributed by atoms with Gasteiger partial charge in [0.15, 0.2) is 0 Å². The normalized spacial score (nSPS) is 18.6. The van der Waals surface area contributed by atoms with Crippen molar-refractivity contribution in [2.75, 3.05) is 160 Å². The molecule has 2 unspecified atom stereocenters. The smallest absolute Gasteiger partial charge is 0.250 e. The first-order valence-corrected chi connectivity index (χ1v) is 35.8. The maximum atomic E-state index is 13.0. The molecule has 8 aromatic rings. The number of likely N-dealkylation sites (N-methyl/N-ethyl adjacent to an activating group) is 2. The molecule has 0 radical (unpaired) electrons. The molecule has 4 atom stereocenters. The zero-order chi connectivity index (χ0) is 65.5. The van der Waals surface area contributed by atoms with Gasteiger partial charge in [-0.05, 0) is 126 Å². The standard InChI is InChI=1S/C36H40N6O4S2.C36H42N6O3S2/c1-23-7-9-27(37-20-23)35(29-21-42(13-16-46-29)34(44)22-40(2)3)38-24-8-10-30-32(17-24)47-31-6-4-5-26(36(31)48-30)28-18-25(19-33(43)39-28)41-11-14-45-15-12-41;1-24-7-9-28(37-22-24)35(30-23-41(13-18-45-30)12-11-40(2)3)38-25-8-10-31-33(19-25)46-32-6-4-5-27(36(32)47-31)29-20-26(21-34(43)39-29)42-14-16-44-17-15-42/h4-10,17-20,29,35,38H,11-16,21-22H2,1-3H3,(H,39,43);4-10,19-22,30,35,38H,11-18,23H2,1-3H3,(H,39,43)/t29-,35?;30-,35?/m11/s1. The Morgan fingerprint density at radius 3 is 1.52 bits per heavy atom. The van der Waals surface area contributed by atoms with Gasteiger partial charge in [-0.2, -0.15) is 0 Å². The first-order valence-electron chi connectivity index (χ1n) is 32.5. The largest absolute Gasteiger partial charge is 0.378 e. The van der Waals surface area contributed by atoms with Gasteiger partial charge in [0.25, 0.3) is 0 Å². The summed E-state index contributed by atoms with van der Waals surface area (Å²) in [6.45, 7) is 16.3. The van der Waals surface area contributed by atoms with Gasteiger partial charge in [-0.15, -0.1) is 0 Å². The predicted molar refractivity (Wildman–Crippen MR) is 381 cm³/mol. The van der Waals surface area contributed by atoms with Crippen LogP contribution in [0.5, 0.6) is 0 Å². The maximum Gasteiger partial charge on any atom is 0.250 e. The van der Waals surface area contributed by atoms with Crippen molar-refractivity contribution in [3.8, 4) is 22.5 Å². The average Bonchev–Trinajstić information content (AvgIpc) is 0.825. The van der Waals surface area contributed by atoms with Crippen molar-refractivity contribution in [2.45, 2.75) is 77.3 Å². The van der Waals surface area contributed by atoms with Crippen LogP contribution in [0.2, 0.25) is 0 Å². The highest BCUT2D eigenvalue weighted by molar-refractivity contribution is 8.05. The van der Waals surface area contributed by atoms with Crippen LogP contribution >= 0.6 is 47.0 Å². The SMILES string of the molecule is Cc1ccc(C(Nc2ccc3c(c2)Sc2cccc(-c4cc(N5CCOCC5)cc(=O)[nH]4)c2S3)[C@H]2CN(C(=O)CN(C)C)CCO2)nc1.Cc1ccc(C(Nc2ccc3c(c2)Sc2cccc(-c4cc(N5CCOCC5)cc(=O)[nH]4)c2S3)[C@H]2CN(CCN(C)C)CCO2)nc1. The molecule has 0 bridgehead atoms. The second-order valence-corrected chi connectivity index (χ2v) is 29.5. The molecule has 10 heterocycles. The molecule has 14 rings (SSSR count). The fourth-order valence-electron chi connectivity index (χ4n) is 12.5. The number of amides is 1. The molecule has 95 heavy (non-hydrogen) atoms. The van der Waals surface area contributed by atoms with Crippen LogP contribution in [-0.2, 0) is 23.7 Å². The number of nitrogens with one attached hydrogen (secondary N) is 4. The van der Waals surface area contributed by atoms with Gasteiger partial charge in [0, 0.05) is 163 Å². The third-order valence-electron chi connectivity index (χ3n) is 17.5. The van der Waals surface area contributed by atoms with Crippen LogP contribution in [0, 0.1) is 13.8 Å². The van der Waals surface area contributed by atoms with E-state index in [0.717, 1.165) is 145 Å². The van der Waals surface area contributed by atoms with Gasteiger partial charge in [-0.1, -0.05) is 83.4 Å². The minimum Gasteiger partial charge on any atom is -0.378 e. The minimum absolute atomic E-state index is 0.0298. The zero-order valence-electron chi connectivity index (χ0n) is 54.6. The van der Waals surface area contributed by atoms with Crippen molar-refractivity contribution >= 4 is 75.7 Å². The number of aryl methyl sites for hydroxylation is 2. The Morgan fingerprint density at radius 2 is 1.04 bits per heavy atom. The van der Waals surface area contributed by atoms with E-state index >= 15 is 0 Å². The molecule has 4 N–H and O–H groups in total. The first kappa shape index (κ1) is 66.5. The third-order valence-corrected chi connectivity index (χ3v) is 22.7. The number of hydrogen-bond acceptors (Lipinski definition) is 20. The zero-order valence-corrected chi connectivity index (χ0v) is 57.9. The van der Waals surface area contributed by atoms with E-state index in [-0.39, 0.29) is 41.3 Å². The number of aromatic nitrogens is 4. The van der Waals surface area contributed by atoms with E-state index in [9.17, 15) is 14.4 Å². The Balaban J connectivity index is 0.000000172. The van der Waals surface area contributed by atoms with Gasteiger partial charge in [-0.3, -0.25) is 29.3 Å². The second kappa shape index (κ2) is 30.5. The number of carbonyl (C=O) groups excluding carboxylic acids is 1. The summed E-state index contributed by atoms with van der Waals surface area (Å²) < 4.78 is 23.8. The van der Waals surface area contributed by atoms with E-state index in [1.165, 1.54) is 14.7 Å². The van der Waals surface area contributed by atoms with Crippen LogP contribution in [0.1, 0.15) is 34.6 Å². The molecular weight excluding hydrogens is 1270 g/mol. The fourth-order valence-corrected chi connectivity index (χ4v) is 17.3. The highest BCUT2D eigenvalue weighted by atomic mass is 32.2. The number of carbonyl (C=O) groups is 1. The van der Waals surface area contributed by atoms with E-state index in [0.29, 0.717) is 59.3 Å². The van der Waals surface area contributed by atoms with E-state index in [2.05, 4.69) is 164 Å². The highest BCUT2D eigenvalue weighted by Crippen LogP contribution is 2.54. The highest BCUT2D eigenvalue weighted by Gasteiger charge is 2.35. The van der Waals surface area contributed by atoms with E-state index in [4.69, 9.17) is 28.9 Å². The maximum absolute atomic E-state index is 13.0. The van der Waals surface area contributed by atoms with Crippen LogP contribution in [0.4, 0.5) is 22.7 Å². The molecular formula is C72H82N12O7S4. The summed E-state index contributed by atoms with van der Waals surface area (Å²) >= 11 is 6.99. The molecule has 19 nitrogen and oxygen atoms in total. The number of ether oxygens (including phenoxy) is 4. The number of hydrogen-bond donors (Lipinski definition) is 4. The molecule has 23 heteroatoms. The van der Waals surface area contributed by atoms with E-state index in [1.54, 1.807) is 59.2 Å². The second-order valence-electron chi connectivity index (χ2n) is 25.2. The van der Waals surface area contributed by atoms with Crippen LogP contribution in [0.3, 0.4) is 0 Å². The summed E-state index contributed by atoms with van der Waals surface area (Å²) in [5.41, 5.74) is 11.4. The molecule has 0 spiro atoms. The summed E-state index contributed by atoms with van der Waals surface area (Å²) in [4.78, 5) is 76.6. The summed E-state index contributed by atoms with van der Waals surface area (Å²) in [6, 6.07) is 41.2. The Labute approximate surface area is 572 Å². The van der Waals surface area contributed by atoms with Gasteiger partial charge in [0.2, 0.25) is 17.0 Å². The molecule has 496 valence electrons. The molecule has 6 aliphatic heterocycles. The van der Waals surface area contributed by atoms with Crippen molar-refractivity contribution < 1.29 is 23.7 Å². The third kappa shape index (κ3) is 16.3. The Bertz CT molecular complexity index is 4130. The van der Waals surface area contributed by atoms with Crippen LogP contribution in [0.25, 0.3) is 22.5 Å². The number of nitrogens with zero attached hydrogens (tertiary/aromatic N) is 8. The molecule has 1 amide bonds. The topological polar surface area (TPSA) is 189 Å². The summed E-state index contributed by atoms with van der Waals surface area (Å²) in [5, 5.41) is 7.55. The number of anilines is 4. The lowest BCUT2D eigenvalue weighted by molar-refractivity contribution is -0.140. The molecule has 6 aliphatic rings. The fraction of sp³-hybridized carbons (Fsp3) is 0.375. The van der Waals surface area contributed by atoms with E-state index in [1.807, 2.05) is 49.3 Å². The number of pyridine rings is 4. The van der Waals surface area contributed by atoms with Crippen molar-refractivity contribution in [3.63, 3.8) is 0 Å². The Kier molecular flexibility index (Phi) is 21.4. The summed E-state index contributed by atoms with van der Waals surface area (Å²) in [6.07, 6.45) is 3.52. The van der Waals surface area contributed by atoms with Gasteiger partial charge in [0.1, 0.15) is 6.10 Å². The summed E-state index contributed by atoms with van der Waals surface area (Å²) in [5.74, 6) is 0.0982. The lowest BCUT2D eigenvalue weighted by atomic mass is 10.0. The first-order chi connectivity index (χ1) is 46.2. The number of aromatic amines is 2. The van der Waals surface area contributed by atoms with Crippen molar-refractivity contribution in [1.29, 1.82) is 0 Å². The number of H-pyrrole nitrogens is 2. The van der Waals surface area contributed by atoms with Gasteiger partial charge in [0.05, 0.1) is 87.1 Å². The Hall–Kier alpha value is -7.13. The molecule has 4 saturated heterocycles. The molecule has 0 saturated carbocycles. The van der Waals surface area contributed by atoms with Crippen molar-refractivity contribution in [1.82, 2.24) is 39.5 Å². The number of morpholine rings is 4. The Morgan fingerprint density at radius 1 is 0.547 bits per heavy atom. The molecule has 4 aromatic carbocycles. The predicted octanol–water partition coefficient (Wildman–Crippen LogP) is 10.8. The van der Waals surface area contributed by atoms with Gasteiger partial charge in [-0.25, -0.2) is 0 Å². The van der Waals surface area contributed by atoms with E-state index < -0.39 is 0 Å². The minimum atomic E-state index is -0.267. The molecule has 4 aromatic heterocycles. The van der Waals surface area contributed by atoms with Gasteiger partial charge >= 0.3 is 0 Å². The summed E-state index contributed by atoms with van der Waals surface area (Å²) in [7, 11) is 8.06. The van der Waals surface area contributed by atoms with Crippen molar-refractivity contribution in [2.24, 2.45) is 0 Å².